The second kappa shape index (κ2) is 5.52. The number of piperidine rings is 1. The van der Waals surface area contributed by atoms with Crippen molar-refractivity contribution < 1.29 is 19.4 Å². The van der Waals surface area contributed by atoms with Crippen LogP contribution in [0.15, 0.2) is 24.3 Å². The fraction of sp³-hybridized carbons (Fsp3) is 0.533. The molecule has 2 saturated heterocycles. The molecule has 0 unspecified atom stereocenters. The third-order valence-electron chi connectivity index (χ3n) is 3.95. The Morgan fingerprint density at radius 3 is 2.80 bits per heavy atom. The molecule has 20 heavy (non-hydrogen) atoms. The van der Waals surface area contributed by atoms with E-state index < -0.39 is 11.8 Å². The summed E-state index contributed by atoms with van der Waals surface area (Å²) in [4.78, 5) is 13.5. The van der Waals surface area contributed by atoms with Crippen molar-refractivity contribution in [2.45, 2.75) is 25.2 Å². The first-order chi connectivity index (χ1) is 9.69. The molecule has 3 rings (SSSR count). The second-order valence-corrected chi connectivity index (χ2v) is 5.38. The van der Waals surface area contributed by atoms with Gasteiger partial charge >= 0.3 is 5.97 Å². The molecule has 1 N–H and O–H groups in total. The Bertz CT molecular complexity index is 496. The van der Waals surface area contributed by atoms with Crippen molar-refractivity contribution >= 4 is 5.97 Å². The molecule has 0 aromatic heterocycles. The van der Waals surface area contributed by atoms with E-state index in [0.717, 1.165) is 24.9 Å². The highest BCUT2D eigenvalue weighted by Gasteiger charge is 2.40. The van der Waals surface area contributed by atoms with Gasteiger partial charge in [-0.25, -0.2) is 4.79 Å². The monoisotopic (exact) mass is 277 g/mol. The lowest BCUT2D eigenvalue weighted by molar-refractivity contribution is -0.190. The highest BCUT2D eigenvalue weighted by atomic mass is 16.7. The summed E-state index contributed by atoms with van der Waals surface area (Å²) in [5.74, 6) is -1.34. The minimum Gasteiger partial charge on any atom is -0.478 e. The molecule has 108 valence electrons. The van der Waals surface area contributed by atoms with Crippen LogP contribution in [0.4, 0.5) is 0 Å². The van der Waals surface area contributed by atoms with Crippen LogP contribution in [0.2, 0.25) is 0 Å². The van der Waals surface area contributed by atoms with Gasteiger partial charge in [-0.05, 0) is 24.6 Å². The highest BCUT2D eigenvalue weighted by Crippen LogP contribution is 2.30. The molecule has 0 radical (unpaired) electrons. The summed E-state index contributed by atoms with van der Waals surface area (Å²) in [6, 6.07) is 7.17. The van der Waals surface area contributed by atoms with Crippen LogP contribution >= 0.6 is 0 Å². The lowest BCUT2D eigenvalue weighted by atomic mass is 10.0. The Labute approximate surface area is 118 Å². The molecule has 1 spiro atoms. The van der Waals surface area contributed by atoms with E-state index in [1.165, 1.54) is 0 Å². The maximum atomic E-state index is 11.2. The summed E-state index contributed by atoms with van der Waals surface area (Å²) >= 11 is 0. The molecule has 5 nitrogen and oxygen atoms in total. The number of carboxylic acid groups (broad SMARTS) is 1. The van der Waals surface area contributed by atoms with Crippen LogP contribution in [-0.2, 0) is 16.0 Å². The number of hydrogen-bond acceptors (Lipinski definition) is 4. The van der Waals surface area contributed by atoms with Gasteiger partial charge in [0.05, 0.1) is 25.3 Å². The fourth-order valence-electron chi connectivity index (χ4n) is 3.05. The number of benzene rings is 1. The molecule has 2 aliphatic rings. The number of carbonyl (C=O) groups is 1. The Balaban J connectivity index is 1.73. The van der Waals surface area contributed by atoms with Crippen LogP contribution in [0.25, 0.3) is 0 Å². The lowest BCUT2D eigenvalue weighted by Crippen LogP contribution is -2.48. The van der Waals surface area contributed by atoms with E-state index in [1.54, 1.807) is 12.1 Å². The molecule has 0 bridgehead atoms. The molecule has 1 aromatic carbocycles. The first kappa shape index (κ1) is 13.5. The van der Waals surface area contributed by atoms with E-state index in [1.807, 2.05) is 12.1 Å². The number of carboxylic acids is 1. The third kappa shape index (κ3) is 2.70. The van der Waals surface area contributed by atoms with Gasteiger partial charge < -0.3 is 14.6 Å². The summed E-state index contributed by atoms with van der Waals surface area (Å²) in [7, 11) is 0. The third-order valence-corrected chi connectivity index (χ3v) is 3.95. The predicted molar refractivity (Wildman–Crippen MR) is 72.5 cm³/mol. The zero-order valence-electron chi connectivity index (χ0n) is 11.4. The van der Waals surface area contributed by atoms with Crippen molar-refractivity contribution in [1.82, 2.24) is 4.90 Å². The molecule has 1 aromatic rings. The molecule has 2 aliphatic heterocycles. The van der Waals surface area contributed by atoms with Gasteiger partial charge in [-0.1, -0.05) is 18.2 Å². The Hall–Kier alpha value is -1.43. The molecule has 0 amide bonds. The van der Waals surface area contributed by atoms with Crippen molar-refractivity contribution in [3.8, 4) is 0 Å². The SMILES string of the molecule is O=C(O)c1ccccc1CN1CCCC2(C1)OCCO2. The minimum atomic E-state index is -0.874. The number of nitrogens with zero attached hydrogens (tertiary/aromatic N) is 1. The summed E-state index contributed by atoms with van der Waals surface area (Å²) in [6.07, 6.45) is 1.93. The van der Waals surface area contributed by atoms with Gasteiger partial charge in [-0.3, -0.25) is 4.90 Å². The van der Waals surface area contributed by atoms with Gasteiger partial charge in [-0.15, -0.1) is 0 Å². The van der Waals surface area contributed by atoms with Crippen molar-refractivity contribution in [2.75, 3.05) is 26.3 Å². The van der Waals surface area contributed by atoms with Gasteiger partial charge in [0, 0.05) is 13.0 Å². The van der Waals surface area contributed by atoms with Crippen molar-refractivity contribution in [3.05, 3.63) is 35.4 Å². The molecule has 5 heteroatoms. The average molecular weight is 277 g/mol. The van der Waals surface area contributed by atoms with E-state index in [0.29, 0.717) is 31.9 Å². The maximum Gasteiger partial charge on any atom is 0.336 e. The lowest BCUT2D eigenvalue weighted by Gasteiger charge is -2.38. The fourth-order valence-corrected chi connectivity index (χ4v) is 3.05. The summed E-state index contributed by atoms with van der Waals surface area (Å²) in [5, 5.41) is 9.23. The Kier molecular flexibility index (Phi) is 3.74. The van der Waals surface area contributed by atoms with E-state index in [9.17, 15) is 9.90 Å². The molecular weight excluding hydrogens is 258 g/mol. The molecular formula is C15H19NO4. The maximum absolute atomic E-state index is 11.2. The molecule has 0 atom stereocenters. The van der Waals surface area contributed by atoms with Crippen LogP contribution in [-0.4, -0.2) is 48.1 Å². The summed E-state index contributed by atoms with van der Waals surface area (Å²) in [5.41, 5.74) is 1.22. The van der Waals surface area contributed by atoms with Crippen LogP contribution in [0, 0.1) is 0 Å². The smallest absolute Gasteiger partial charge is 0.336 e. The summed E-state index contributed by atoms with van der Waals surface area (Å²) < 4.78 is 11.5. The van der Waals surface area contributed by atoms with Gasteiger partial charge in [0.2, 0.25) is 0 Å². The molecule has 2 fully saturated rings. The molecule has 0 aliphatic carbocycles. The van der Waals surface area contributed by atoms with Crippen molar-refractivity contribution in [2.24, 2.45) is 0 Å². The number of aromatic carboxylic acids is 1. The normalized spacial score (nSPS) is 22.2. The topological polar surface area (TPSA) is 59.0 Å². The van der Waals surface area contributed by atoms with Gasteiger partial charge in [-0.2, -0.15) is 0 Å². The quantitative estimate of drug-likeness (QED) is 0.911. The van der Waals surface area contributed by atoms with Gasteiger partial charge in [0.1, 0.15) is 0 Å². The van der Waals surface area contributed by atoms with E-state index in [2.05, 4.69) is 4.90 Å². The molecule has 0 saturated carbocycles. The molecule has 2 heterocycles. The standard InChI is InChI=1S/C15H19NO4/c17-14(18)13-5-2-1-4-12(13)10-16-7-3-6-15(11-16)19-8-9-20-15/h1-2,4-5H,3,6-11H2,(H,17,18). The van der Waals surface area contributed by atoms with Crippen molar-refractivity contribution in [3.63, 3.8) is 0 Å². The Morgan fingerprint density at radius 1 is 1.30 bits per heavy atom. The van der Waals surface area contributed by atoms with Crippen LogP contribution in [0.3, 0.4) is 0 Å². The van der Waals surface area contributed by atoms with Crippen LogP contribution in [0.1, 0.15) is 28.8 Å². The van der Waals surface area contributed by atoms with Crippen LogP contribution in [0.5, 0.6) is 0 Å². The summed E-state index contributed by atoms with van der Waals surface area (Å²) in [6.45, 7) is 3.58. The number of likely N-dealkylation sites (tertiary alicyclic amines) is 1. The van der Waals surface area contributed by atoms with E-state index in [-0.39, 0.29) is 0 Å². The van der Waals surface area contributed by atoms with E-state index in [4.69, 9.17) is 9.47 Å². The number of rotatable bonds is 3. The first-order valence-electron chi connectivity index (χ1n) is 7.00. The first-order valence-corrected chi connectivity index (χ1v) is 7.00. The Morgan fingerprint density at radius 2 is 2.05 bits per heavy atom. The minimum absolute atomic E-state index is 0.375. The van der Waals surface area contributed by atoms with Gasteiger partial charge in [0.15, 0.2) is 5.79 Å². The zero-order valence-corrected chi connectivity index (χ0v) is 11.4. The number of ether oxygens (including phenoxy) is 2. The highest BCUT2D eigenvalue weighted by molar-refractivity contribution is 5.89. The zero-order chi connectivity index (χ0) is 14.0. The van der Waals surface area contributed by atoms with E-state index >= 15 is 0 Å². The van der Waals surface area contributed by atoms with Crippen LogP contribution < -0.4 is 0 Å². The largest absolute Gasteiger partial charge is 0.478 e. The number of hydrogen-bond donors (Lipinski definition) is 1. The predicted octanol–water partition coefficient (Wildman–Crippen LogP) is 1.72. The second-order valence-electron chi connectivity index (χ2n) is 5.38. The van der Waals surface area contributed by atoms with Crippen molar-refractivity contribution in [1.29, 1.82) is 0 Å². The average Bonchev–Trinajstić information content (AvgIpc) is 2.87. The van der Waals surface area contributed by atoms with Gasteiger partial charge in [0.25, 0.3) is 0 Å².